The largest absolute Gasteiger partial charge is 0.313 e. The Morgan fingerprint density at radius 3 is 2.91 bits per heavy atom. The monoisotopic (exact) mass is 319 g/mol. The maximum atomic E-state index is 12.8. The molecule has 1 aromatic carbocycles. The molecule has 0 radical (unpaired) electrons. The maximum absolute atomic E-state index is 12.8. The van der Waals surface area contributed by atoms with Crippen molar-refractivity contribution in [3.63, 3.8) is 0 Å². The van der Waals surface area contributed by atoms with Gasteiger partial charge in [-0.2, -0.15) is 0 Å². The molecule has 2 atom stereocenters. The Hall–Kier alpha value is -1.50. The minimum absolute atomic E-state index is 0.0771. The van der Waals surface area contributed by atoms with E-state index in [1.807, 2.05) is 26.0 Å². The normalized spacial score (nSPS) is 22.8. The zero-order chi connectivity index (χ0) is 15.7. The molecule has 2 aromatic rings. The number of rotatable bonds is 3. The minimum Gasteiger partial charge on any atom is -0.313 e. The SMILES string of the molecule is Cc1ccc(S(=O)(=O)NC2CCCNC2C)c2cccnc12. The summed E-state index contributed by atoms with van der Waals surface area (Å²) < 4.78 is 28.5. The van der Waals surface area contributed by atoms with E-state index in [-0.39, 0.29) is 12.1 Å². The van der Waals surface area contributed by atoms with Crippen molar-refractivity contribution in [2.75, 3.05) is 6.54 Å². The molecule has 2 heterocycles. The van der Waals surface area contributed by atoms with Crippen LogP contribution in [0.1, 0.15) is 25.3 Å². The second kappa shape index (κ2) is 5.95. The maximum Gasteiger partial charge on any atom is 0.241 e. The van der Waals surface area contributed by atoms with Gasteiger partial charge in [0, 0.05) is 23.7 Å². The lowest BCUT2D eigenvalue weighted by Crippen LogP contribution is -2.51. The van der Waals surface area contributed by atoms with Crippen LogP contribution in [0.3, 0.4) is 0 Å². The lowest BCUT2D eigenvalue weighted by Gasteiger charge is -2.30. The van der Waals surface area contributed by atoms with Crippen molar-refractivity contribution in [2.45, 2.75) is 43.7 Å². The van der Waals surface area contributed by atoms with Crippen LogP contribution in [0, 0.1) is 6.92 Å². The van der Waals surface area contributed by atoms with Crippen molar-refractivity contribution in [2.24, 2.45) is 0 Å². The Kier molecular flexibility index (Phi) is 4.16. The van der Waals surface area contributed by atoms with E-state index in [1.54, 1.807) is 18.3 Å². The van der Waals surface area contributed by atoms with Crippen molar-refractivity contribution in [1.29, 1.82) is 0 Å². The number of piperidine rings is 1. The van der Waals surface area contributed by atoms with Crippen molar-refractivity contribution in [1.82, 2.24) is 15.0 Å². The van der Waals surface area contributed by atoms with Gasteiger partial charge >= 0.3 is 0 Å². The van der Waals surface area contributed by atoms with E-state index in [1.165, 1.54) is 0 Å². The number of hydrogen-bond acceptors (Lipinski definition) is 4. The van der Waals surface area contributed by atoms with Crippen molar-refractivity contribution in [3.05, 3.63) is 36.0 Å². The summed E-state index contributed by atoms with van der Waals surface area (Å²) in [5, 5.41) is 3.99. The van der Waals surface area contributed by atoms with Crippen LogP contribution in [0.25, 0.3) is 10.9 Å². The van der Waals surface area contributed by atoms with Gasteiger partial charge in [0.15, 0.2) is 0 Å². The Balaban J connectivity index is 2.01. The number of aryl methyl sites for hydroxylation is 1. The second-order valence-corrected chi connectivity index (χ2v) is 7.58. The Labute approximate surface area is 131 Å². The fourth-order valence-electron chi connectivity index (χ4n) is 2.99. The van der Waals surface area contributed by atoms with E-state index in [0.717, 1.165) is 30.5 Å². The molecule has 2 N–H and O–H groups in total. The van der Waals surface area contributed by atoms with Gasteiger partial charge in [-0.3, -0.25) is 4.98 Å². The molecule has 1 aliphatic heterocycles. The van der Waals surface area contributed by atoms with E-state index in [2.05, 4.69) is 15.0 Å². The van der Waals surface area contributed by atoms with Gasteiger partial charge in [0.25, 0.3) is 0 Å². The number of nitrogens with one attached hydrogen (secondary N) is 2. The van der Waals surface area contributed by atoms with Crippen LogP contribution in [0.5, 0.6) is 0 Å². The number of aromatic nitrogens is 1. The lowest BCUT2D eigenvalue weighted by molar-refractivity contribution is 0.349. The molecule has 1 aliphatic rings. The van der Waals surface area contributed by atoms with Crippen LogP contribution < -0.4 is 10.0 Å². The summed E-state index contributed by atoms with van der Waals surface area (Å²) in [6.45, 7) is 4.89. The zero-order valence-corrected chi connectivity index (χ0v) is 13.7. The van der Waals surface area contributed by atoms with Gasteiger partial charge in [-0.1, -0.05) is 6.07 Å². The number of fused-ring (bicyclic) bond motifs is 1. The molecule has 0 saturated carbocycles. The highest BCUT2D eigenvalue weighted by molar-refractivity contribution is 7.89. The molecule has 6 heteroatoms. The van der Waals surface area contributed by atoms with Gasteiger partial charge in [-0.25, -0.2) is 13.1 Å². The molecular formula is C16H21N3O2S. The fraction of sp³-hybridized carbons (Fsp3) is 0.438. The van der Waals surface area contributed by atoms with Crippen LogP contribution >= 0.6 is 0 Å². The highest BCUT2D eigenvalue weighted by atomic mass is 32.2. The fourth-order valence-corrected chi connectivity index (χ4v) is 4.54. The summed E-state index contributed by atoms with van der Waals surface area (Å²) in [6, 6.07) is 7.12. The van der Waals surface area contributed by atoms with E-state index < -0.39 is 10.0 Å². The van der Waals surface area contributed by atoms with E-state index in [9.17, 15) is 8.42 Å². The van der Waals surface area contributed by atoms with Gasteiger partial charge in [-0.15, -0.1) is 0 Å². The first-order chi connectivity index (χ1) is 10.5. The van der Waals surface area contributed by atoms with Crippen LogP contribution in [0.4, 0.5) is 0 Å². The standard InChI is InChI=1S/C16H21N3O2S/c1-11-7-8-15(13-5-3-10-18-16(11)13)22(20,21)19-14-6-4-9-17-12(14)2/h3,5,7-8,10,12,14,17,19H,4,6,9H2,1-2H3. The molecule has 3 rings (SSSR count). The van der Waals surface area contributed by atoms with Crippen molar-refractivity contribution in [3.8, 4) is 0 Å². The molecule has 22 heavy (non-hydrogen) atoms. The smallest absolute Gasteiger partial charge is 0.241 e. The van der Waals surface area contributed by atoms with E-state index in [0.29, 0.717) is 10.3 Å². The van der Waals surface area contributed by atoms with Gasteiger partial charge in [0.1, 0.15) is 0 Å². The topological polar surface area (TPSA) is 71.1 Å². The zero-order valence-electron chi connectivity index (χ0n) is 12.8. The van der Waals surface area contributed by atoms with Crippen LogP contribution in [-0.4, -0.2) is 32.0 Å². The molecule has 1 saturated heterocycles. The van der Waals surface area contributed by atoms with Gasteiger partial charge in [0.05, 0.1) is 10.4 Å². The lowest BCUT2D eigenvalue weighted by atomic mass is 10.0. The van der Waals surface area contributed by atoms with Crippen molar-refractivity contribution >= 4 is 20.9 Å². The highest BCUT2D eigenvalue weighted by Crippen LogP contribution is 2.25. The average molecular weight is 319 g/mol. The van der Waals surface area contributed by atoms with Crippen LogP contribution in [0.15, 0.2) is 35.4 Å². The first-order valence-corrected chi connectivity index (χ1v) is 9.07. The molecule has 0 spiro atoms. The molecule has 2 unspecified atom stereocenters. The molecule has 118 valence electrons. The third-order valence-corrected chi connectivity index (χ3v) is 5.84. The molecule has 0 amide bonds. The Morgan fingerprint density at radius 1 is 1.32 bits per heavy atom. The number of pyridine rings is 1. The van der Waals surface area contributed by atoms with Gasteiger partial charge < -0.3 is 5.32 Å². The second-order valence-electron chi connectivity index (χ2n) is 5.89. The number of hydrogen-bond donors (Lipinski definition) is 2. The average Bonchev–Trinajstić information content (AvgIpc) is 2.50. The summed E-state index contributed by atoms with van der Waals surface area (Å²) in [7, 11) is -3.57. The number of sulfonamides is 1. The predicted octanol–water partition coefficient (Wildman–Crippen LogP) is 1.96. The Bertz CT molecular complexity index is 789. The van der Waals surface area contributed by atoms with Crippen LogP contribution in [-0.2, 0) is 10.0 Å². The summed E-state index contributed by atoms with van der Waals surface area (Å²) in [5.74, 6) is 0. The predicted molar refractivity (Wildman–Crippen MR) is 87.3 cm³/mol. The Morgan fingerprint density at radius 2 is 2.14 bits per heavy atom. The van der Waals surface area contributed by atoms with E-state index in [4.69, 9.17) is 0 Å². The minimum atomic E-state index is -3.57. The summed E-state index contributed by atoms with van der Waals surface area (Å²) >= 11 is 0. The molecule has 0 aliphatic carbocycles. The molecular weight excluding hydrogens is 298 g/mol. The van der Waals surface area contributed by atoms with Crippen molar-refractivity contribution < 1.29 is 8.42 Å². The van der Waals surface area contributed by atoms with E-state index >= 15 is 0 Å². The number of nitrogens with zero attached hydrogens (tertiary/aromatic N) is 1. The summed E-state index contributed by atoms with van der Waals surface area (Å²) in [4.78, 5) is 4.62. The van der Waals surface area contributed by atoms with Crippen LogP contribution in [0.2, 0.25) is 0 Å². The van der Waals surface area contributed by atoms with Gasteiger partial charge in [-0.05, 0) is 57.0 Å². The third kappa shape index (κ3) is 2.86. The molecule has 0 bridgehead atoms. The molecule has 1 fully saturated rings. The van der Waals surface area contributed by atoms with Gasteiger partial charge in [0.2, 0.25) is 10.0 Å². The quantitative estimate of drug-likeness (QED) is 0.907. The third-order valence-electron chi connectivity index (χ3n) is 4.29. The first-order valence-electron chi connectivity index (χ1n) is 7.59. The first kappa shape index (κ1) is 15.4. The molecule has 1 aromatic heterocycles. The summed E-state index contributed by atoms with van der Waals surface area (Å²) in [6.07, 6.45) is 3.52. The summed E-state index contributed by atoms with van der Waals surface area (Å²) in [5.41, 5.74) is 1.71. The highest BCUT2D eigenvalue weighted by Gasteiger charge is 2.27. The molecule has 5 nitrogen and oxygen atoms in total. The number of benzene rings is 1.